The van der Waals surface area contributed by atoms with E-state index < -0.39 is 0 Å². The average molecular weight is 193 g/mol. The maximum absolute atomic E-state index is 10.5. The zero-order chi connectivity index (χ0) is 10.6. The van der Waals surface area contributed by atoms with Crippen LogP contribution in [0.1, 0.15) is 12.5 Å². The third-order valence-corrected chi connectivity index (χ3v) is 2.09. The van der Waals surface area contributed by atoms with Crippen LogP contribution in [0.15, 0.2) is 18.2 Å². The SMILES string of the molecule is COc1cc(N)ccc1CC(C)C=O. The Morgan fingerprint density at radius 2 is 2.29 bits per heavy atom. The summed E-state index contributed by atoms with van der Waals surface area (Å²) >= 11 is 0. The molecule has 3 heteroatoms. The molecule has 0 aromatic heterocycles. The number of benzene rings is 1. The van der Waals surface area contributed by atoms with Crippen molar-refractivity contribution >= 4 is 12.0 Å². The van der Waals surface area contributed by atoms with Crippen LogP contribution in [0.2, 0.25) is 0 Å². The zero-order valence-electron chi connectivity index (χ0n) is 8.49. The molecule has 0 bridgehead atoms. The molecule has 0 aliphatic rings. The molecule has 1 rings (SSSR count). The van der Waals surface area contributed by atoms with Gasteiger partial charge in [-0.15, -0.1) is 0 Å². The quantitative estimate of drug-likeness (QED) is 0.584. The Kier molecular flexibility index (Phi) is 3.51. The van der Waals surface area contributed by atoms with Crippen molar-refractivity contribution in [2.45, 2.75) is 13.3 Å². The maximum Gasteiger partial charge on any atom is 0.124 e. The van der Waals surface area contributed by atoms with E-state index in [1.54, 1.807) is 13.2 Å². The normalized spacial score (nSPS) is 12.1. The topological polar surface area (TPSA) is 52.3 Å². The summed E-state index contributed by atoms with van der Waals surface area (Å²) in [4.78, 5) is 10.5. The molecule has 1 atom stereocenters. The minimum Gasteiger partial charge on any atom is -0.496 e. The molecule has 1 aromatic rings. The summed E-state index contributed by atoms with van der Waals surface area (Å²) < 4.78 is 5.18. The minimum atomic E-state index is 0.00697. The van der Waals surface area contributed by atoms with E-state index in [2.05, 4.69) is 0 Å². The van der Waals surface area contributed by atoms with Crippen LogP contribution in [-0.4, -0.2) is 13.4 Å². The van der Waals surface area contributed by atoms with Crippen LogP contribution < -0.4 is 10.5 Å². The van der Waals surface area contributed by atoms with Crippen molar-refractivity contribution in [1.82, 2.24) is 0 Å². The van der Waals surface area contributed by atoms with Gasteiger partial charge in [-0.05, 0) is 18.1 Å². The van der Waals surface area contributed by atoms with Crippen molar-refractivity contribution in [2.24, 2.45) is 5.92 Å². The smallest absolute Gasteiger partial charge is 0.124 e. The molecule has 76 valence electrons. The van der Waals surface area contributed by atoms with E-state index in [1.807, 2.05) is 19.1 Å². The van der Waals surface area contributed by atoms with Crippen LogP contribution in [0, 0.1) is 5.92 Å². The van der Waals surface area contributed by atoms with Crippen molar-refractivity contribution < 1.29 is 9.53 Å². The van der Waals surface area contributed by atoms with Gasteiger partial charge in [-0.1, -0.05) is 13.0 Å². The lowest BCUT2D eigenvalue weighted by molar-refractivity contribution is -0.110. The fourth-order valence-electron chi connectivity index (χ4n) is 1.32. The van der Waals surface area contributed by atoms with Crippen molar-refractivity contribution in [1.29, 1.82) is 0 Å². The van der Waals surface area contributed by atoms with E-state index in [1.165, 1.54) is 0 Å². The molecule has 0 spiro atoms. The van der Waals surface area contributed by atoms with Gasteiger partial charge in [-0.3, -0.25) is 0 Å². The number of carbonyl (C=O) groups excluding carboxylic acids is 1. The summed E-state index contributed by atoms with van der Waals surface area (Å²) in [6, 6.07) is 5.48. The highest BCUT2D eigenvalue weighted by atomic mass is 16.5. The van der Waals surface area contributed by atoms with Crippen LogP contribution in [0.25, 0.3) is 0 Å². The lowest BCUT2D eigenvalue weighted by Gasteiger charge is -2.10. The van der Waals surface area contributed by atoms with E-state index in [4.69, 9.17) is 10.5 Å². The van der Waals surface area contributed by atoms with Gasteiger partial charge >= 0.3 is 0 Å². The largest absolute Gasteiger partial charge is 0.496 e. The minimum absolute atomic E-state index is 0.00697. The first kappa shape index (κ1) is 10.6. The van der Waals surface area contributed by atoms with Gasteiger partial charge in [0, 0.05) is 17.7 Å². The number of nitrogens with two attached hydrogens (primary N) is 1. The molecule has 0 saturated carbocycles. The predicted octanol–water partition coefficient (Wildman–Crippen LogP) is 1.65. The molecule has 0 radical (unpaired) electrons. The molecule has 0 aliphatic heterocycles. The summed E-state index contributed by atoms with van der Waals surface area (Å²) in [7, 11) is 1.60. The van der Waals surface area contributed by atoms with Crippen LogP contribution in [-0.2, 0) is 11.2 Å². The number of hydrogen-bond donors (Lipinski definition) is 1. The Hall–Kier alpha value is -1.51. The third-order valence-electron chi connectivity index (χ3n) is 2.09. The van der Waals surface area contributed by atoms with Crippen molar-refractivity contribution in [3.63, 3.8) is 0 Å². The molecule has 0 aliphatic carbocycles. The number of methoxy groups -OCH3 is 1. The van der Waals surface area contributed by atoms with Crippen molar-refractivity contribution in [3.05, 3.63) is 23.8 Å². The van der Waals surface area contributed by atoms with Gasteiger partial charge in [0.15, 0.2) is 0 Å². The Morgan fingerprint density at radius 3 is 2.86 bits per heavy atom. The Balaban J connectivity index is 2.90. The Morgan fingerprint density at radius 1 is 1.57 bits per heavy atom. The van der Waals surface area contributed by atoms with Gasteiger partial charge in [0.25, 0.3) is 0 Å². The Labute approximate surface area is 83.9 Å². The van der Waals surface area contributed by atoms with E-state index in [0.717, 1.165) is 17.6 Å². The van der Waals surface area contributed by atoms with Gasteiger partial charge in [0.05, 0.1) is 7.11 Å². The molecule has 2 N–H and O–H groups in total. The first-order valence-corrected chi connectivity index (χ1v) is 4.55. The molecule has 0 heterocycles. The average Bonchev–Trinajstić information content (AvgIpc) is 2.20. The van der Waals surface area contributed by atoms with Crippen LogP contribution in [0.3, 0.4) is 0 Å². The van der Waals surface area contributed by atoms with E-state index in [0.29, 0.717) is 12.1 Å². The van der Waals surface area contributed by atoms with Crippen LogP contribution in [0.4, 0.5) is 5.69 Å². The molecular weight excluding hydrogens is 178 g/mol. The zero-order valence-corrected chi connectivity index (χ0v) is 8.49. The molecule has 1 aromatic carbocycles. The van der Waals surface area contributed by atoms with Crippen molar-refractivity contribution in [2.75, 3.05) is 12.8 Å². The molecule has 3 nitrogen and oxygen atoms in total. The summed E-state index contributed by atoms with van der Waals surface area (Å²) in [5.74, 6) is 0.756. The fraction of sp³-hybridized carbons (Fsp3) is 0.364. The molecular formula is C11H15NO2. The van der Waals surface area contributed by atoms with Crippen LogP contribution in [0.5, 0.6) is 5.75 Å². The number of rotatable bonds is 4. The van der Waals surface area contributed by atoms with Gasteiger partial charge in [0.2, 0.25) is 0 Å². The van der Waals surface area contributed by atoms with Crippen molar-refractivity contribution in [3.8, 4) is 5.75 Å². The van der Waals surface area contributed by atoms with E-state index in [9.17, 15) is 4.79 Å². The first-order valence-electron chi connectivity index (χ1n) is 4.55. The molecule has 0 saturated heterocycles. The van der Waals surface area contributed by atoms with Gasteiger partial charge in [0.1, 0.15) is 12.0 Å². The third kappa shape index (κ3) is 2.49. The van der Waals surface area contributed by atoms with Gasteiger partial charge < -0.3 is 15.3 Å². The second kappa shape index (κ2) is 4.65. The van der Waals surface area contributed by atoms with E-state index >= 15 is 0 Å². The lowest BCUT2D eigenvalue weighted by atomic mass is 10.0. The number of carbonyl (C=O) groups is 1. The summed E-state index contributed by atoms with van der Waals surface area (Å²) in [6.45, 7) is 1.88. The monoisotopic (exact) mass is 193 g/mol. The second-order valence-electron chi connectivity index (χ2n) is 3.39. The fourth-order valence-corrected chi connectivity index (χ4v) is 1.32. The second-order valence-corrected chi connectivity index (χ2v) is 3.39. The van der Waals surface area contributed by atoms with Gasteiger partial charge in [-0.25, -0.2) is 0 Å². The maximum atomic E-state index is 10.5. The number of hydrogen-bond acceptors (Lipinski definition) is 3. The molecule has 0 fully saturated rings. The predicted molar refractivity (Wildman–Crippen MR) is 56.3 cm³/mol. The van der Waals surface area contributed by atoms with Crippen LogP contribution >= 0.6 is 0 Å². The summed E-state index contributed by atoms with van der Waals surface area (Å²) in [5, 5.41) is 0. The molecule has 1 unspecified atom stereocenters. The highest BCUT2D eigenvalue weighted by Gasteiger charge is 2.07. The Bertz CT molecular complexity index is 323. The standard InChI is InChI=1S/C11H15NO2/c1-8(7-13)5-9-3-4-10(12)6-11(9)14-2/h3-4,6-8H,5,12H2,1-2H3. The van der Waals surface area contributed by atoms with Gasteiger partial charge in [-0.2, -0.15) is 0 Å². The number of anilines is 1. The highest BCUT2D eigenvalue weighted by Crippen LogP contribution is 2.23. The number of nitrogen functional groups attached to an aromatic ring is 1. The molecule has 14 heavy (non-hydrogen) atoms. The molecule has 0 amide bonds. The van der Waals surface area contributed by atoms with E-state index in [-0.39, 0.29) is 5.92 Å². The summed E-state index contributed by atoms with van der Waals surface area (Å²) in [6.07, 6.45) is 1.63. The number of ether oxygens (including phenoxy) is 1. The first-order chi connectivity index (χ1) is 6.67. The highest BCUT2D eigenvalue weighted by molar-refractivity contribution is 5.55. The summed E-state index contributed by atoms with van der Waals surface area (Å²) in [5.41, 5.74) is 7.30. The number of aldehydes is 1. The lowest BCUT2D eigenvalue weighted by Crippen LogP contribution is -2.03.